The molecule has 0 aromatic carbocycles. The van der Waals surface area contributed by atoms with Crippen molar-refractivity contribution in [3.63, 3.8) is 0 Å². The van der Waals surface area contributed by atoms with Crippen LogP contribution in [0.1, 0.15) is 19.8 Å². The highest BCUT2D eigenvalue weighted by molar-refractivity contribution is 5.72. The van der Waals surface area contributed by atoms with Crippen LogP contribution in [0.5, 0.6) is 0 Å². The first-order valence-electron chi connectivity index (χ1n) is 4.43. The molecule has 6 nitrogen and oxygen atoms in total. The van der Waals surface area contributed by atoms with E-state index in [1.807, 2.05) is 0 Å². The van der Waals surface area contributed by atoms with Crippen molar-refractivity contribution in [3.8, 4) is 0 Å². The first-order chi connectivity index (χ1) is 6.49. The van der Waals surface area contributed by atoms with Crippen LogP contribution in [0.3, 0.4) is 0 Å². The SMILES string of the molecule is C[C@H](N)[C@H]1C[C@H](CC(=O)O)NC(=O)O1. The fourth-order valence-corrected chi connectivity index (χ4v) is 1.39. The monoisotopic (exact) mass is 202 g/mol. The minimum absolute atomic E-state index is 0.0989. The predicted molar refractivity (Wildman–Crippen MR) is 47.7 cm³/mol. The molecule has 0 radical (unpaired) electrons. The van der Waals surface area contributed by atoms with Gasteiger partial charge in [0.05, 0.1) is 6.42 Å². The lowest BCUT2D eigenvalue weighted by Gasteiger charge is -2.31. The van der Waals surface area contributed by atoms with E-state index in [9.17, 15) is 9.59 Å². The standard InChI is InChI=1S/C8H14N2O4/c1-4(9)6-2-5(3-7(11)12)10-8(13)14-6/h4-6H,2-3,9H2,1H3,(H,10,13)(H,11,12)/t4-,5+,6+/m0/s1. The Labute approximate surface area is 81.4 Å². The fourth-order valence-electron chi connectivity index (χ4n) is 1.39. The highest BCUT2D eigenvalue weighted by Gasteiger charge is 2.30. The molecule has 1 aliphatic heterocycles. The summed E-state index contributed by atoms with van der Waals surface area (Å²) in [6.45, 7) is 1.72. The zero-order valence-electron chi connectivity index (χ0n) is 7.90. The van der Waals surface area contributed by atoms with Gasteiger partial charge in [-0.05, 0) is 6.92 Å². The molecule has 3 atom stereocenters. The molecule has 0 aromatic rings. The Morgan fingerprint density at radius 3 is 3.00 bits per heavy atom. The van der Waals surface area contributed by atoms with Crippen molar-refractivity contribution in [2.24, 2.45) is 5.73 Å². The molecule has 1 rings (SSSR count). The van der Waals surface area contributed by atoms with Gasteiger partial charge in [-0.1, -0.05) is 0 Å². The molecule has 0 spiro atoms. The fraction of sp³-hybridized carbons (Fsp3) is 0.750. The van der Waals surface area contributed by atoms with Gasteiger partial charge in [0.1, 0.15) is 6.10 Å². The van der Waals surface area contributed by atoms with E-state index in [4.69, 9.17) is 15.6 Å². The molecule has 0 aromatic heterocycles. The number of alkyl carbamates (subject to hydrolysis) is 1. The van der Waals surface area contributed by atoms with Gasteiger partial charge in [0.2, 0.25) is 0 Å². The van der Waals surface area contributed by atoms with Crippen molar-refractivity contribution in [2.75, 3.05) is 0 Å². The Bertz CT molecular complexity index is 239. The lowest BCUT2D eigenvalue weighted by molar-refractivity contribution is -0.137. The molecule has 1 fully saturated rings. The maximum absolute atomic E-state index is 11.0. The number of carboxylic acids is 1. The van der Waals surface area contributed by atoms with Crippen molar-refractivity contribution >= 4 is 12.1 Å². The summed E-state index contributed by atoms with van der Waals surface area (Å²) in [5.74, 6) is -0.944. The second-order valence-electron chi connectivity index (χ2n) is 3.48. The molecule has 1 heterocycles. The summed E-state index contributed by atoms with van der Waals surface area (Å²) in [7, 11) is 0. The summed E-state index contributed by atoms with van der Waals surface area (Å²) in [6, 6.07) is -0.665. The summed E-state index contributed by atoms with van der Waals surface area (Å²) < 4.78 is 4.89. The van der Waals surface area contributed by atoms with E-state index >= 15 is 0 Å². The van der Waals surface area contributed by atoms with Gasteiger partial charge >= 0.3 is 12.1 Å². The minimum Gasteiger partial charge on any atom is -0.481 e. The molecule has 14 heavy (non-hydrogen) atoms. The largest absolute Gasteiger partial charge is 0.481 e. The molecule has 0 bridgehead atoms. The van der Waals surface area contributed by atoms with E-state index in [-0.39, 0.29) is 18.5 Å². The number of rotatable bonds is 3. The van der Waals surface area contributed by atoms with Crippen molar-refractivity contribution in [2.45, 2.75) is 38.0 Å². The Morgan fingerprint density at radius 1 is 1.86 bits per heavy atom. The lowest BCUT2D eigenvalue weighted by Crippen LogP contribution is -2.51. The molecule has 0 unspecified atom stereocenters. The first-order valence-corrected chi connectivity index (χ1v) is 4.43. The number of hydrogen-bond acceptors (Lipinski definition) is 4. The molecule has 0 aliphatic carbocycles. The maximum Gasteiger partial charge on any atom is 0.407 e. The van der Waals surface area contributed by atoms with Crippen molar-refractivity contribution in [1.29, 1.82) is 0 Å². The molecule has 1 saturated heterocycles. The van der Waals surface area contributed by atoms with E-state index in [0.717, 1.165) is 0 Å². The Morgan fingerprint density at radius 2 is 2.50 bits per heavy atom. The van der Waals surface area contributed by atoms with Crippen LogP contribution in [0.25, 0.3) is 0 Å². The number of amides is 1. The second kappa shape index (κ2) is 4.28. The van der Waals surface area contributed by atoms with E-state index in [1.165, 1.54) is 0 Å². The maximum atomic E-state index is 11.0. The number of hydrogen-bond donors (Lipinski definition) is 3. The highest BCUT2D eigenvalue weighted by Crippen LogP contribution is 2.14. The van der Waals surface area contributed by atoms with E-state index < -0.39 is 18.2 Å². The summed E-state index contributed by atoms with van der Waals surface area (Å²) in [5, 5.41) is 11.0. The van der Waals surface area contributed by atoms with Gasteiger partial charge in [-0.2, -0.15) is 0 Å². The molecule has 1 aliphatic rings. The van der Waals surface area contributed by atoms with Crippen LogP contribution in [-0.2, 0) is 9.53 Å². The van der Waals surface area contributed by atoms with E-state index in [2.05, 4.69) is 5.32 Å². The smallest absolute Gasteiger partial charge is 0.407 e. The zero-order chi connectivity index (χ0) is 10.7. The lowest BCUT2D eigenvalue weighted by atomic mass is 10.0. The third-order valence-electron chi connectivity index (χ3n) is 2.10. The summed E-state index contributed by atoms with van der Waals surface area (Å²) in [6.07, 6.45) is -0.647. The van der Waals surface area contributed by atoms with Gasteiger partial charge in [-0.3, -0.25) is 4.79 Å². The third-order valence-corrected chi connectivity index (χ3v) is 2.10. The third kappa shape index (κ3) is 2.88. The molecule has 1 amide bonds. The van der Waals surface area contributed by atoms with Crippen molar-refractivity contribution in [1.82, 2.24) is 5.32 Å². The van der Waals surface area contributed by atoms with Gasteiger partial charge in [-0.15, -0.1) is 0 Å². The number of ether oxygens (including phenoxy) is 1. The van der Waals surface area contributed by atoms with Gasteiger partial charge in [0.25, 0.3) is 0 Å². The molecule has 4 N–H and O–H groups in total. The average molecular weight is 202 g/mol. The van der Waals surface area contributed by atoms with Crippen LogP contribution in [0, 0.1) is 0 Å². The average Bonchev–Trinajstić information content (AvgIpc) is 2.01. The Kier molecular flexibility index (Phi) is 3.29. The van der Waals surface area contributed by atoms with Gasteiger partial charge in [0.15, 0.2) is 0 Å². The van der Waals surface area contributed by atoms with Crippen molar-refractivity contribution < 1.29 is 19.4 Å². The Balaban J connectivity index is 2.53. The summed E-state index contributed by atoms with van der Waals surface area (Å²) in [4.78, 5) is 21.4. The molecule has 6 heteroatoms. The number of carbonyl (C=O) groups excluding carboxylic acids is 1. The van der Waals surface area contributed by atoms with Crippen LogP contribution >= 0.6 is 0 Å². The molecule has 0 saturated carbocycles. The first kappa shape index (κ1) is 10.8. The highest BCUT2D eigenvalue weighted by atomic mass is 16.6. The minimum atomic E-state index is -0.944. The van der Waals surface area contributed by atoms with Gasteiger partial charge in [0, 0.05) is 18.5 Å². The van der Waals surface area contributed by atoms with Crippen LogP contribution in [0.15, 0.2) is 0 Å². The van der Waals surface area contributed by atoms with Crippen LogP contribution < -0.4 is 11.1 Å². The van der Waals surface area contributed by atoms with Crippen LogP contribution in [-0.4, -0.2) is 35.4 Å². The molecule has 80 valence electrons. The number of carboxylic acid groups (broad SMARTS) is 1. The topological polar surface area (TPSA) is 102 Å². The summed E-state index contributed by atoms with van der Waals surface area (Å²) in [5.41, 5.74) is 5.57. The second-order valence-corrected chi connectivity index (χ2v) is 3.48. The Hall–Kier alpha value is -1.30. The van der Waals surface area contributed by atoms with E-state index in [1.54, 1.807) is 6.92 Å². The van der Waals surface area contributed by atoms with Gasteiger partial charge < -0.3 is 20.9 Å². The predicted octanol–water partition coefficient (Wildman–Crippen LogP) is -0.325. The summed E-state index contributed by atoms with van der Waals surface area (Å²) >= 11 is 0. The quantitative estimate of drug-likeness (QED) is 0.582. The number of cyclic esters (lactones) is 1. The number of carbonyl (C=O) groups is 2. The van der Waals surface area contributed by atoms with Gasteiger partial charge in [-0.25, -0.2) is 4.79 Å². The number of aliphatic carboxylic acids is 1. The number of nitrogens with two attached hydrogens (primary N) is 1. The van der Waals surface area contributed by atoms with Crippen molar-refractivity contribution in [3.05, 3.63) is 0 Å². The van der Waals surface area contributed by atoms with E-state index in [0.29, 0.717) is 6.42 Å². The molecular formula is C8H14N2O4. The van der Waals surface area contributed by atoms with Crippen LogP contribution in [0.2, 0.25) is 0 Å². The zero-order valence-corrected chi connectivity index (χ0v) is 7.90. The molecular weight excluding hydrogens is 188 g/mol. The number of nitrogens with one attached hydrogen (secondary N) is 1. The van der Waals surface area contributed by atoms with Crippen LogP contribution in [0.4, 0.5) is 4.79 Å². The normalized spacial score (nSPS) is 28.9.